The van der Waals surface area contributed by atoms with Crippen molar-refractivity contribution in [2.75, 3.05) is 18.9 Å². The van der Waals surface area contributed by atoms with Crippen LogP contribution < -0.4 is 5.73 Å². The molecule has 1 saturated heterocycles. The summed E-state index contributed by atoms with van der Waals surface area (Å²) in [6, 6.07) is 1.60. The van der Waals surface area contributed by atoms with Gasteiger partial charge in [0.25, 0.3) is 0 Å². The Labute approximate surface area is 162 Å². The second-order valence-corrected chi connectivity index (χ2v) is 7.02. The third kappa shape index (κ3) is 3.74. The number of hydrogen-bond acceptors (Lipinski definition) is 7. The molecule has 146 valence electrons. The van der Waals surface area contributed by atoms with Crippen molar-refractivity contribution in [3.63, 3.8) is 0 Å². The van der Waals surface area contributed by atoms with Crippen molar-refractivity contribution in [1.82, 2.24) is 19.5 Å². The second kappa shape index (κ2) is 8.04. The van der Waals surface area contributed by atoms with Gasteiger partial charge in [0.05, 0.1) is 23.9 Å². The fourth-order valence-electron chi connectivity index (χ4n) is 3.41. The molecule has 0 spiro atoms. The van der Waals surface area contributed by atoms with E-state index in [-0.39, 0.29) is 18.1 Å². The molecule has 28 heavy (non-hydrogen) atoms. The second-order valence-electron chi connectivity index (χ2n) is 7.02. The van der Waals surface area contributed by atoms with E-state index in [9.17, 15) is 4.79 Å². The number of pyridine rings is 1. The zero-order chi connectivity index (χ0) is 19.5. The summed E-state index contributed by atoms with van der Waals surface area (Å²) >= 11 is 0. The largest absolute Gasteiger partial charge is 0.397 e. The van der Waals surface area contributed by atoms with Crippen molar-refractivity contribution in [3.8, 4) is 0 Å². The minimum Gasteiger partial charge on any atom is -0.397 e. The molecule has 0 saturated carbocycles. The number of rotatable bonds is 6. The van der Waals surface area contributed by atoms with Crippen molar-refractivity contribution in [2.45, 2.75) is 38.5 Å². The van der Waals surface area contributed by atoms with E-state index in [2.05, 4.69) is 15.0 Å². The van der Waals surface area contributed by atoms with Crippen LogP contribution in [-0.2, 0) is 9.47 Å². The molecule has 2 atom stereocenters. The average molecular weight is 381 g/mol. The number of hydrogen-bond donors (Lipinski definition) is 1. The van der Waals surface area contributed by atoms with Crippen molar-refractivity contribution in [2.24, 2.45) is 0 Å². The monoisotopic (exact) mass is 381 g/mol. The van der Waals surface area contributed by atoms with E-state index in [1.165, 1.54) is 18.7 Å². The van der Waals surface area contributed by atoms with Gasteiger partial charge >= 0.3 is 0 Å². The highest BCUT2D eigenvalue weighted by molar-refractivity contribution is 6.16. The maximum absolute atomic E-state index is 13.0. The Bertz CT molecular complexity index is 981. The van der Waals surface area contributed by atoms with Crippen LogP contribution in [-0.4, -0.2) is 44.8 Å². The topological polar surface area (TPSA) is 105 Å². The van der Waals surface area contributed by atoms with Crippen molar-refractivity contribution >= 4 is 22.5 Å². The Morgan fingerprint density at radius 1 is 1.36 bits per heavy atom. The Morgan fingerprint density at radius 2 is 2.25 bits per heavy atom. The van der Waals surface area contributed by atoms with Crippen molar-refractivity contribution in [3.05, 3.63) is 48.3 Å². The maximum atomic E-state index is 13.0. The summed E-state index contributed by atoms with van der Waals surface area (Å²) in [7, 11) is 0. The van der Waals surface area contributed by atoms with E-state index in [0.717, 1.165) is 25.9 Å². The first-order valence-electron chi connectivity index (χ1n) is 9.42. The van der Waals surface area contributed by atoms with Gasteiger partial charge in [0.15, 0.2) is 12.1 Å². The number of nitrogens with two attached hydrogens (primary N) is 1. The highest BCUT2D eigenvalue weighted by Gasteiger charge is 2.22. The van der Waals surface area contributed by atoms with E-state index >= 15 is 0 Å². The van der Waals surface area contributed by atoms with Gasteiger partial charge in [0.1, 0.15) is 12.0 Å². The maximum Gasteiger partial charge on any atom is 0.196 e. The zero-order valence-corrected chi connectivity index (χ0v) is 15.7. The minimum atomic E-state index is -0.165. The van der Waals surface area contributed by atoms with Gasteiger partial charge < -0.3 is 19.8 Å². The first kappa shape index (κ1) is 18.5. The fraction of sp³-hybridized carbons (Fsp3) is 0.400. The summed E-state index contributed by atoms with van der Waals surface area (Å²) in [5.41, 5.74) is 7.86. The molecule has 1 fully saturated rings. The molecule has 4 rings (SSSR count). The quantitative estimate of drug-likeness (QED) is 0.655. The van der Waals surface area contributed by atoms with E-state index < -0.39 is 0 Å². The standard InChI is InChI=1S/C20H23N5O3/c1-13(11-28-18-4-2-3-5-27-18)25-10-17(16-9-23-12-24-20(16)25)19(26)14-6-15(21)8-22-7-14/h6-10,12-13,18H,2-5,11,21H2,1H3. The van der Waals surface area contributed by atoms with Crippen LogP contribution in [0.15, 0.2) is 37.2 Å². The first-order chi connectivity index (χ1) is 13.6. The number of nitrogen functional groups attached to an aromatic ring is 1. The number of fused-ring (bicyclic) bond motifs is 1. The molecule has 0 aromatic carbocycles. The summed E-state index contributed by atoms with van der Waals surface area (Å²) in [6.45, 7) is 3.23. The lowest BCUT2D eigenvalue weighted by atomic mass is 10.1. The van der Waals surface area contributed by atoms with Crippen LogP contribution >= 0.6 is 0 Å². The number of ketones is 1. The summed E-state index contributed by atoms with van der Waals surface area (Å²) in [5, 5.41) is 0.690. The van der Waals surface area contributed by atoms with Gasteiger partial charge in [0.2, 0.25) is 0 Å². The number of aromatic nitrogens is 4. The third-order valence-electron chi connectivity index (χ3n) is 4.90. The molecular weight excluding hydrogens is 358 g/mol. The molecule has 1 aliphatic rings. The Balaban J connectivity index is 1.61. The predicted molar refractivity (Wildman–Crippen MR) is 104 cm³/mol. The molecule has 2 unspecified atom stereocenters. The van der Waals surface area contributed by atoms with E-state index in [1.807, 2.05) is 11.5 Å². The van der Waals surface area contributed by atoms with Crippen LogP contribution in [0.2, 0.25) is 0 Å². The molecule has 0 aliphatic carbocycles. The fourth-order valence-corrected chi connectivity index (χ4v) is 3.41. The van der Waals surface area contributed by atoms with Gasteiger partial charge in [-0.15, -0.1) is 0 Å². The predicted octanol–water partition coefficient (Wildman–Crippen LogP) is 2.74. The smallest absolute Gasteiger partial charge is 0.196 e. The summed E-state index contributed by atoms with van der Waals surface area (Å²) in [5.74, 6) is -0.165. The lowest BCUT2D eigenvalue weighted by Crippen LogP contribution is -2.25. The number of carbonyl (C=O) groups excluding carboxylic acids is 1. The molecule has 8 nitrogen and oxygen atoms in total. The third-order valence-corrected chi connectivity index (χ3v) is 4.90. The molecule has 3 aromatic rings. The Hall–Kier alpha value is -2.84. The summed E-state index contributed by atoms with van der Waals surface area (Å²) in [6.07, 6.45) is 10.9. The van der Waals surface area contributed by atoms with Crippen LogP contribution in [0.5, 0.6) is 0 Å². The Morgan fingerprint density at radius 3 is 3.04 bits per heavy atom. The van der Waals surface area contributed by atoms with Gasteiger partial charge in [-0.05, 0) is 32.3 Å². The van der Waals surface area contributed by atoms with Crippen LogP contribution in [0.3, 0.4) is 0 Å². The minimum absolute atomic E-state index is 0.0246. The van der Waals surface area contributed by atoms with Crippen LogP contribution in [0.4, 0.5) is 5.69 Å². The Kier molecular flexibility index (Phi) is 5.31. The molecule has 0 amide bonds. The lowest BCUT2D eigenvalue weighted by Gasteiger charge is -2.24. The first-order valence-corrected chi connectivity index (χ1v) is 9.42. The van der Waals surface area contributed by atoms with Crippen LogP contribution in [0.25, 0.3) is 11.0 Å². The molecule has 2 N–H and O–H groups in total. The lowest BCUT2D eigenvalue weighted by molar-refractivity contribution is -0.166. The zero-order valence-electron chi connectivity index (χ0n) is 15.7. The van der Waals surface area contributed by atoms with Gasteiger partial charge in [-0.3, -0.25) is 9.78 Å². The number of carbonyl (C=O) groups is 1. The molecule has 8 heteroatoms. The average Bonchev–Trinajstić information content (AvgIpc) is 3.12. The van der Waals surface area contributed by atoms with Gasteiger partial charge in [-0.2, -0.15) is 0 Å². The molecule has 0 bridgehead atoms. The highest BCUT2D eigenvalue weighted by Crippen LogP contribution is 2.26. The van der Waals surface area contributed by atoms with Crippen molar-refractivity contribution < 1.29 is 14.3 Å². The van der Waals surface area contributed by atoms with E-state index in [0.29, 0.717) is 34.5 Å². The van der Waals surface area contributed by atoms with Crippen LogP contribution in [0.1, 0.15) is 48.1 Å². The number of ether oxygens (including phenoxy) is 2. The van der Waals surface area contributed by atoms with Crippen LogP contribution in [0, 0.1) is 0 Å². The van der Waals surface area contributed by atoms with E-state index in [4.69, 9.17) is 15.2 Å². The SMILES string of the molecule is CC(COC1CCCCO1)n1cc(C(=O)c2cncc(N)c2)c2cncnc21. The number of anilines is 1. The molecular formula is C20H23N5O3. The highest BCUT2D eigenvalue weighted by atomic mass is 16.7. The molecule has 0 radical (unpaired) electrons. The van der Waals surface area contributed by atoms with E-state index in [1.54, 1.807) is 18.5 Å². The number of nitrogens with zero attached hydrogens (tertiary/aromatic N) is 4. The molecule has 4 heterocycles. The van der Waals surface area contributed by atoms with Gasteiger partial charge in [-0.1, -0.05) is 0 Å². The van der Waals surface area contributed by atoms with Crippen molar-refractivity contribution in [1.29, 1.82) is 0 Å². The molecule has 3 aromatic heterocycles. The normalized spacial score (nSPS) is 18.2. The summed E-state index contributed by atoms with van der Waals surface area (Å²) < 4.78 is 13.5. The van der Waals surface area contributed by atoms with Gasteiger partial charge in [-0.25, -0.2) is 9.97 Å². The molecule has 1 aliphatic heterocycles. The van der Waals surface area contributed by atoms with Gasteiger partial charge in [0, 0.05) is 42.3 Å². The summed E-state index contributed by atoms with van der Waals surface area (Å²) in [4.78, 5) is 25.5.